The number of hydrogen-bond acceptors (Lipinski definition) is 0. The largest absolute Gasteiger partial charge is 0.110 e. The van der Waals surface area contributed by atoms with E-state index >= 15 is 0 Å². The fourth-order valence-electron chi connectivity index (χ4n) is 0. The first-order valence-corrected chi connectivity index (χ1v) is 4.22. The summed E-state index contributed by atoms with van der Waals surface area (Å²) in [6.45, 7) is 6.61. The first kappa shape index (κ1) is 10.2. The minimum atomic E-state index is 0. The lowest BCUT2D eigenvalue weighted by Crippen LogP contribution is -1.81. The van der Waals surface area contributed by atoms with Crippen LogP contribution in [0.1, 0.15) is 21.3 Å². The first-order valence-electron chi connectivity index (χ1n) is 2.18. The van der Waals surface area contributed by atoms with Crippen LogP contribution in [0.2, 0.25) is 0 Å². The van der Waals surface area contributed by atoms with Crippen molar-refractivity contribution in [2.24, 2.45) is 0 Å². The molecule has 0 spiro atoms. The Bertz CT molecular complexity index is 55.2. The molecule has 0 rings (SSSR count). The number of hydrogen-bond donors (Lipinski definition) is 0. The zero-order valence-electron chi connectivity index (χ0n) is 4.73. The third kappa shape index (κ3) is 6.17. The fraction of sp³-hybridized carbons (Fsp3) is 0.833. The molecule has 0 aliphatic rings. The van der Waals surface area contributed by atoms with Crippen LogP contribution in [-0.2, 0) is 0 Å². The summed E-state index contributed by atoms with van der Waals surface area (Å²) in [4.78, 5) is 0. The topological polar surface area (TPSA) is 0 Å². The number of rotatable bonds is 1. The summed E-state index contributed by atoms with van der Waals surface area (Å²) in [5.74, 6) is 0. The summed E-state index contributed by atoms with van der Waals surface area (Å²) >= 11 is 0. The maximum Gasteiger partial charge on any atom is 0.110 e. The highest BCUT2D eigenvalue weighted by Gasteiger charge is 2.00. The zero-order valence-corrected chi connectivity index (χ0v) is 5.63. The molecule has 0 nitrogen and oxygen atoms in total. The van der Waals surface area contributed by atoms with Gasteiger partial charge in [-0.2, -0.15) is 0 Å². The van der Waals surface area contributed by atoms with Crippen molar-refractivity contribution in [3.8, 4) is 0 Å². The van der Waals surface area contributed by atoms with Gasteiger partial charge < -0.3 is 0 Å². The Balaban J connectivity index is 0. The monoisotopic (exact) mass is 119 g/mol. The molecule has 0 fully saturated rings. The molecule has 1 heteroatoms. The summed E-state index contributed by atoms with van der Waals surface area (Å²) in [6, 6.07) is 0. The second kappa shape index (κ2) is 4.33. The highest BCUT2D eigenvalue weighted by atomic mass is 31.1. The summed E-state index contributed by atoms with van der Waals surface area (Å²) in [5, 5.41) is 0. The van der Waals surface area contributed by atoms with Crippen molar-refractivity contribution < 1.29 is 0 Å². The Morgan fingerprint density at radius 1 is 1.43 bits per heavy atom. The van der Waals surface area contributed by atoms with Gasteiger partial charge >= 0.3 is 0 Å². The molecule has 0 amide bonds. The maximum absolute atomic E-state index is 3.90. The van der Waals surface area contributed by atoms with E-state index in [-0.39, 0.29) is 15.0 Å². The lowest BCUT2D eigenvalue weighted by Gasteiger charge is -1.85. The highest BCUT2D eigenvalue weighted by Crippen LogP contribution is 2.19. The molecule has 7 heavy (non-hydrogen) atoms. The fourth-order valence-corrected chi connectivity index (χ4v) is 0. The van der Waals surface area contributed by atoms with E-state index in [1.807, 2.05) is 0 Å². The van der Waals surface area contributed by atoms with E-state index in [9.17, 15) is 0 Å². The van der Waals surface area contributed by atoms with Gasteiger partial charge in [0.05, 0.1) is 20.5 Å². The van der Waals surface area contributed by atoms with Crippen LogP contribution in [0.4, 0.5) is 0 Å². The normalized spacial score (nSPS) is 10.6. The minimum Gasteiger partial charge on any atom is -0.0776 e. The quantitative estimate of drug-likeness (QED) is 0.465. The molecule has 0 aromatic heterocycles. The van der Waals surface area contributed by atoms with Crippen molar-refractivity contribution in [3.63, 3.8) is 0 Å². The van der Waals surface area contributed by atoms with Gasteiger partial charge in [-0.15, -0.1) is 0 Å². The van der Waals surface area contributed by atoms with Crippen molar-refractivity contribution in [1.82, 2.24) is 0 Å². The van der Waals surface area contributed by atoms with Gasteiger partial charge in [0.1, 0.15) is 5.66 Å². The average molecular weight is 119 g/mol. The van der Waals surface area contributed by atoms with Gasteiger partial charge in [0, 0.05) is 0 Å². The van der Waals surface area contributed by atoms with Gasteiger partial charge in [0.15, 0.2) is 0 Å². The van der Waals surface area contributed by atoms with Gasteiger partial charge in [0.25, 0.3) is 0 Å². The van der Waals surface area contributed by atoms with Crippen LogP contribution in [0.3, 0.4) is 0 Å². The predicted molar refractivity (Wildman–Crippen MR) is 41.8 cm³/mol. The maximum atomic E-state index is 3.90. The third-order valence-corrected chi connectivity index (χ3v) is 2.64. The molecule has 44 valence electrons. The molecule has 0 saturated heterocycles. The highest BCUT2D eigenvalue weighted by molar-refractivity contribution is 7.55. The molecule has 1 unspecified atom stereocenters. The van der Waals surface area contributed by atoms with Crippen molar-refractivity contribution in [3.05, 3.63) is 0 Å². The van der Waals surface area contributed by atoms with Crippen LogP contribution >= 0.6 is 7.55 Å². The van der Waals surface area contributed by atoms with Gasteiger partial charge in [-0.3, -0.25) is 0 Å². The van der Waals surface area contributed by atoms with Crippen LogP contribution < -0.4 is 0 Å². The smallest absolute Gasteiger partial charge is 0.0776 e. The molecule has 0 N–H and O–H groups in total. The lowest BCUT2D eigenvalue weighted by molar-refractivity contribution is 1.10. The molecule has 0 aromatic rings. The van der Waals surface area contributed by atoms with E-state index in [1.165, 1.54) is 0 Å². The van der Waals surface area contributed by atoms with Gasteiger partial charge in [-0.1, -0.05) is 7.43 Å². The molecule has 0 saturated carbocycles. The minimum absolute atomic E-state index is 0. The van der Waals surface area contributed by atoms with Crippen molar-refractivity contribution >= 4 is 13.8 Å². The molecule has 0 bridgehead atoms. The van der Waals surface area contributed by atoms with Crippen LogP contribution in [0.5, 0.6) is 0 Å². The second-order valence-corrected chi connectivity index (χ2v) is 4.40. The molecule has 0 heterocycles. The molecule has 1 atom stereocenters. The van der Waals surface area contributed by atoms with E-state index in [2.05, 4.69) is 26.8 Å². The van der Waals surface area contributed by atoms with Gasteiger partial charge in [0.2, 0.25) is 0 Å². The summed E-state index contributed by atoms with van der Waals surface area (Å²) < 4.78 is 0. The third-order valence-electron chi connectivity index (χ3n) is 0.882. The van der Waals surface area contributed by atoms with E-state index in [0.29, 0.717) is 0 Å². The van der Waals surface area contributed by atoms with Crippen molar-refractivity contribution in [1.29, 1.82) is 0 Å². The van der Waals surface area contributed by atoms with Gasteiger partial charge in [-0.05, 0) is 13.8 Å². The van der Waals surface area contributed by atoms with Crippen LogP contribution in [-0.4, -0.2) is 18.6 Å². The molecule has 0 radical (unpaired) electrons. The predicted octanol–water partition coefficient (Wildman–Crippen LogP) is 2.57. The summed E-state index contributed by atoms with van der Waals surface area (Å²) in [6.07, 6.45) is 3.90. The Labute approximate surface area is 48.3 Å². The van der Waals surface area contributed by atoms with E-state index < -0.39 is 0 Å². The molecule has 0 aromatic carbocycles. The molecule has 0 aliphatic heterocycles. The van der Waals surface area contributed by atoms with Gasteiger partial charge in [-0.25, -0.2) is 0 Å². The van der Waals surface area contributed by atoms with E-state index in [0.717, 1.165) is 5.66 Å². The summed E-state index contributed by atoms with van der Waals surface area (Å²) in [7, 11) is 0.0905. The molecule has 0 aliphatic carbocycles. The molecular formula is C6H16P+. The zero-order chi connectivity index (χ0) is 5.15. The van der Waals surface area contributed by atoms with Crippen LogP contribution in [0, 0.1) is 0 Å². The Morgan fingerprint density at radius 2 is 1.57 bits per heavy atom. The SMILES string of the molecule is C.C=[P+](C)C(C)C. The Hall–Kier alpha value is 0.170. The standard InChI is InChI=1S/C5H12P.CH4/c1-5(2)6(3)4;/h5H,3H2,1-2,4H3;1H4/q+1;. The average Bonchev–Trinajstić information content (AvgIpc) is 1.36. The second-order valence-electron chi connectivity index (χ2n) is 1.85. The van der Waals surface area contributed by atoms with Crippen molar-refractivity contribution in [2.75, 3.05) is 6.66 Å². The van der Waals surface area contributed by atoms with Crippen LogP contribution in [0.25, 0.3) is 0 Å². The van der Waals surface area contributed by atoms with E-state index in [1.54, 1.807) is 0 Å². The van der Waals surface area contributed by atoms with E-state index in [4.69, 9.17) is 0 Å². The lowest BCUT2D eigenvalue weighted by atomic mass is 10.6. The van der Waals surface area contributed by atoms with Crippen molar-refractivity contribution in [2.45, 2.75) is 26.9 Å². The first-order chi connectivity index (χ1) is 2.64. The van der Waals surface area contributed by atoms with Crippen LogP contribution in [0.15, 0.2) is 0 Å². The Morgan fingerprint density at radius 3 is 1.57 bits per heavy atom. The Kier molecular flexibility index (Phi) is 6.32. The molecular weight excluding hydrogens is 103 g/mol. The summed E-state index contributed by atoms with van der Waals surface area (Å²) in [5.41, 5.74) is 0.806.